The van der Waals surface area contributed by atoms with Crippen molar-refractivity contribution < 1.29 is 31.8 Å². The zero-order valence-corrected chi connectivity index (χ0v) is 15.9. The first kappa shape index (κ1) is 20.8. The molecule has 0 unspecified atom stereocenters. The quantitative estimate of drug-likeness (QED) is 0.520. The van der Waals surface area contributed by atoms with Crippen molar-refractivity contribution in [3.63, 3.8) is 0 Å². The average molecular weight is 467 g/mol. The molecule has 1 aliphatic heterocycles. The highest BCUT2D eigenvalue weighted by Gasteiger charge is 2.33. The van der Waals surface area contributed by atoms with E-state index >= 15 is 0 Å². The smallest absolute Gasteiger partial charge is 0.506 e. The van der Waals surface area contributed by atoms with Crippen LogP contribution in [0.5, 0.6) is 11.5 Å². The summed E-state index contributed by atoms with van der Waals surface area (Å²) in [4.78, 5) is 1.82. The van der Waals surface area contributed by atoms with Crippen LogP contribution in [0.1, 0.15) is 17.2 Å². The van der Waals surface area contributed by atoms with Gasteiger partial charge in [0.05, 0.1) is 16.1 Å². The third-order valence-corrected chi connectivity index (χ3v) is 5.01. The van der Waals surface area contributed by atoms with E-state index < -0.39 is 35.5 Å². The summed E-state index contributed by atoms with van der Waals surface area (Å²) in [5.41, 5.74) is 0.112. The average Bonchev–Trinajstić information content (AvgIpc) is 2.64. The molecule has 152 valence electrons. The zero-order valence-electron chi connectivity index (χ0n) is 14.4. The van der Waals surface area contributed by atoms with Gasteiger partial charge in [-0.1, -0.05) is 12.1 Å². The summed E-state index contributed by atoms with van der Waals surface area (Å²) in [7, 11) is 0. The molecule has 0 aliphatic carbocycles. The Bertz CT molecular complexity index is 813. The molecule has 3 rings (SSSR count). The highest BCUT2D eigenvalue weighted by atomic mass is 79.9. The second kappa shape index (κ2) is 8.22. The lowest BCUT2D eigenvalue weighted by Gasteiger charge is -2.36. The second-order valence-electron chi connectivity index (χ2n) is 6.22. The van der Waals surface area contributed by atoms with Gasteiger partial charge in [0.15, 0.2) is 11.6 Å². The molecule has 0 aromatic heterocycles. The highest BCUT2D eigenvalue weighted by Crippen LogP contribution is 2.41. The molecule has 1 atom stereocenters. The monoisotopic (exact) mass is 466 g/mol. The van der Waals surface area contributed by atoms with Crippen LogP contribution in [-0.4, -0.2) is 42.5 Å². The lowest BCUT2D eigenvalue weighted by molar-refractivity contribution is -0.274. The van der Waals surface area contributed by atoms with Crippen LogP contribution < -0.4 is 10.1 Å². The van der Waals surface area contributed by atoms with E-state index in [9.17, 15) is 27.1 Å². The largest absolute Gasteiger partial charge is 0.573 e. The number of rotatable bonds is 4. The number of benzene rings is 2. The summed E-state index contributed by atoms with van der Waals surface area (Å²) in [5, 5.41) is 13.5. The number of hydrogen-bond acceptors (Lipinski definition) is 4. The number of piperazine rings is 1. The lowest BCUT2D eigenvalue weighted by atomic mass is 9.94. The number of alkyl halides is 3. The molecule has 1 heterocycles. The molecular formula is C18H16BrF5N2O2. The van der Waals surface area contributed by atoms with Crippen LogP contribution >= 0.6 is 15.9 Å². The van der Waals surface area contributed by atoms with Crippen molar-refractivity contribution in [3.8, 4) is 11.5 Å². The van der Waals surface area contributed by atoms with Crippen LogP contribution in [0.15, 0.2) is 34.8 Å². The fourth-order valence-electron chi connectivity index (χ4n) is 3.21. The standard InChI is InChI=1S/C18H16BrF5N2O2/c19-12-9-13(20)15(21)14(17(12)27)16(26-7-5-25-6-8-26)10-1-3-11(4-2-10)28-18(22,23)24/h1-4,9,16,25,27H,5-8H2/t16-/m0/s1. The van der Waals surface area contributed by atoms with E-state index in [1.165, 1.54) is 12.1 Å². The Morgan fingerprint density at radius 1 is 1.11 bits per heavy atom. The number of ether oxygens (including phenoxy) is 1. The first-order valence-corrected chi connectivity index (χ1v) is 9.13. The number of hydrogen-bond donors (Lipinski definition) is 2. The van der Waals surface area contributed by atoms with E-state index in [2.05, 4.69) is 26.0 Å². The van der Waals surface area contributed by atoms with Gasteiger partial charge in [-0.15, -0.1) is 13.2 Å². The summed E-state index contributed by atoms with van der Waals surface area (Å²) in [6.45, 7) is 2.12. The van der Waals surface area contributed by atoms with Crippen LogP contribution in [0.3, 0.4) is 0 Å². The minimum absolute atomic E-state index is 0.0152. The maximum absolute atomic E-state index is 14.7. The molecule has 4 nitrogen and oxygen atoms in total. The van der Waals surface area contributed by atoms with E-state index in [0.717, 1.165) is 18.2 Å². The topological polar surface area (TPSA) is 44.7 Å². The molecule has 1 fully saturated rings. The van der Waals surface area contributed by atoms with E-state index in [0.29, 0.717) is 31.7 Å². The first-order valence-electron chi connectivity index (χ1n) is 8.34. The van der Waals surface area contributed by atoms with Crippen molar-refractivity contribution in [1.29, 1.82) is 0 Å². The summed E-state index contributed by atoms with van der Waals surface area (Å²) in [6.07, 6.45) is -4.84. The molecule has 0 spiro atoms. The predicted octanol–water partition coefficient (Wildman–Crippen LogP) is 4.33. The molecule has 0 amide bonds. The van der Waals surface area contributed by atoms with Crippen molar-refractivity contribution in [2.75, 3.05) is 26.2 Å². The minimum Gasteiger partial charge on any atom is -0.506 e. The number of nitrogens with zero attached hydrogens (tertiary/aromatic N) is 1. The van der Waals surface area contributed by atoms with Gasteiger partial charge < -0.3 is 15.2 Å². The summed E-state index contributed by atoms with van der Waals surface area (Å²) in [5.74, 6) is -3.24. The summed E-state index contributed by atoms with van der Waals surface area (Å²) < 4.78 is 69.7. The molecule has 2 aromatic rings. The van der Waals surface area contributed by atoms with E-state index in [1.54, 1.807) is 0 Å². The molecule has 0 radical (unpaired) electrons. The van der Waals surface area contributed by atoms with Crippen molar-refractivity contribution in [1.82, 2.24) is 10.2 Å². The molecule has 0 saturated carbocycles. The Morgan fingerprint density at radius 2 is 1.71 bits per heavy atom. The number of aromatic hydroxyl groups is 1. The number of halogens is 6. The lowest BCUT2D eigenvalue weighted by Crippen LogP contribution is -2.45. The molecular weight excluding hydrogens is 451 g/mol. The molecule has 28 heavy (non-hydrogen) atoms. The third-order valence-electron chi connectivity index (χ3n) is 4.40. The van der Waals surface area contributed by atoms with Crippen LogP contribution in [0.25, 0.3) is 0 Å². The van der Waals surface area contributed by atoms with Gasteiger partial charge in [0.1, 0.15) is 11.5 Å². The summed E-state index contributed by atoms with van der Waals surface area (Å²) in [6, 6.07) is 4.80. The predicted molar refractivity (Wildman–Crippen MR) is 95.1 cm³/mol. The van der Waals surface area contributed by atoms with E-state index in [-0.39, 0.29) is 10.0 Å². The van der Waals surface area contributed by atoms with E-state index in [1.807, 2.05) is 4.90 Å². The fourth-order valence-corrected chi connectivity index (χ4v) is 3.62. The molecule has 2 aromatic carbocycles. The Kier molecular flexibility index (Phi) is 6.11. The maximum atomic E-state index is 14.7. The molecule has 2 N–H and O–H groups in total. The molecule has 10 heteroatoms. The molecule has 1 aliphatic rings. The van der Waals surface area contributed by atoms with Crippen LogP contribution in [0.2, 0.25) is 0 Å². The SMILES string of the molecule is Oc1c(Br)cc(F)c(F)c1[C@H](c1ccc(OC(F)(F)F)cc1)N1CCNCC1. The van der Waals surface area contributed by atoms with Crippen molar-refractivity contribution in [3.05, 3.63) is 57.6 Å². The first-order chi connectivity index (χ1) is 13.2. The second-order valence-corrected chi connectivity index (χ2v) is 7.08. The van der Waals surface area contributed by atoms with Gasteiger partial charge in [0.25, 0.3) is 0 Å². The maximum Gasteiger partial charge on any atom is 0.573 e. The number of phenolic OH excluding ortho intramolecular Hbond substituents is 1. The molecule has 0 bridgehead atoms. The number of nitrogens with one attached hydrogen (secondary N) is 1. The number of phenols is 1. The Labute approximate surface area is 166 Å². The van der Waals surface area contributed by atoms with Crippen molar-refractivity contribution in [2.24, 2.45) is 0 Å². The third kappa shape index (κ3) is 4.56. The zero-order chi connectivity index (χ0) is 20.5. The minimum atomic E-state index is -4.84. The van der Waals surface area contributed by atoms with Crippen molar-refractivity contribution >= 4 is 15.9 Å². The van der Waals surface area contributed by atoms with Gasteiger partial charge in [0, 0.05) is 26.2 Å². The van der Waals surface area contributed by atoms with Crippen LogP contribution in [0.4, 0.5) is 22.0 Å². The summed E-state index contributed by atoms with van der Waals surface area (Å²) >= 11 is 3.01. The van der Waals surface area contributed by atoms with Gasteiger partial charge in [0.2, 0.25) is 0 Å². The van der Waals surface area contributed by atoms with Gasteiger partial charge in [-0.2, -0.15) is 0 Å². The van der Waals surface area contributed by atoms with Gasteiger partial charge in [-0.3, -0.25) is 4.90 Å². The molecule has 1 saturated heterocycles. The van der Waals surface area contributed by atoms with Gasteiger partial charge in [-0.05, 0) is 39.7 Å². The van der Waals surface area contributed by atoms with Gasteiger partial charge in [-0.25, -0.2) is 8.78 Å². The Hall–Kier alpha value is -1.91. The van der Waals surface area contributed by atoms with Gasteiger partial charge >= 0.3 is 6.36 Å². The fraction of sp³-hybridized carbons (Fsp3) is 0.333. The highest BCUT2D eigenvalue weighted by molar-refractivity contribution is 9.10. The Balaban J connectivity index is 2.06. The van der Waals surface area contributed by atoms with Crippen LogP contribution in [0, 0.1) is 11.6 Å². The van der Waals surface area contributed by atoms with Crippen LogP contribution in [-0.2, 0) is 0 Å². The van der Waals surface area contributed by atoms with Crippen molar-refractivity contribution in [2.45, 2.75) is 12.4 Å². The van der Waals surface area contributed by atoms with E-state index in [4.69, 9.17) is 0 Å². The Morgan fingerprint density at radius 3 is 2.29 bits per heavy atom. The normalized spacial score (nSPS) is 16.8.